The van der Waals surface area contributed by atoms with Gasteiger partial charge in [-0.25, -0.2) is 14.2 Å². The Morgan fingerprint density at radius 2 is 1.83 bits per heavy atom. The molecule has 1 aliphatic heterocycles. The predicted molar refractivity (Wildman–Crippen MR) is 111 cm³/mol. The van der Waals surface area contributed by atoms with Crippen molar-refractivity contribution in [3.05, 3.63) is 35.0 Å². The molecule has 2 heterocycles. The van der Waals surface area contributed by atoms with Crippen molar-refractivity contribution in [1.82, 2.24) is 9.88 Å². The zero-order valence-electron chi connectivity index (χ0n) is 17.1. The summed E-state index contributed by atoms with van der Waals surface area (Å²) in [5.74, 6) is -0.562. The molecule has 1 aromatic heterocycles. The summed E-state index contributed by atoms with van der Waals surface area (Å²) in [7, 11) is 0. The van der Waals surface area contributed by atoms with Crippen LogP contribution in [0.3, 0.4) is 0 Å². The van der Waals surface area contributed by atoms with Gasteiger partial charge in [-0.3, -0.25) is 4.79 Å². The lowest BCUT2D eigenvalue weighted by atomic mass is 9.96. The highest BCUT2D eigenvalue weighted by Crippen LogP contribution is 2.31. The third-order valence-corrected chi connectivity index (χ3v) is 5.55. The van der Waals surface area contributed by atoms with E-state index in [2.05, 4.69) is 10.3 Å². The maximum atomic E-state index is 13.1. The molecule has 6 nitrogen and oxygen atoms in total. The third-order valence-electron chi connectivity index (χ3n) is 4.66. The molecule has 2 aromatic rings. The first-order valence-electron chi connectivity index (χ1n) is 9.64. The second-order valence-corrected chi connectivity index (χ2v) is 9.36. The van der Waals surface area contributed by atoms with Crippen LogP contribution < -0.4 is 5.32 Å². The van der Waals surface area contributed by atoms with Crippen molar-refractivity contribution in [2.75, 3.05) is 18.4 Å². The van der Waals surface area contributed by atoms with Gasteiger partial charge in [0.1, 0.15) is 11.4 Å². The SMILES string of the molecule is Cc1sc(NC(=O)C2CCN(C(=O)OC(C)(C)C)CC2)nc1-c1ccc(F)cc1. The van der Waals surface area contributed by atoms with Gasteiger partial charge in [0.25, 0.3) is 0 Å². The number of anilines is 1. The average molecular weight is 420 g/mol. The molecule has 0 bridgehead atoms. The lowest BCUT2D eigenvalue weighted by molar-refractivity contribution is -0.121. The number of amides is 2. The van der Waals surface area contributed by atoms with E-state index in [0.29, 0.717) is 31.1 Å². The van der Waals surface area contributed by atoms with Gasteiger partial charge >= 0.3 is 6.09 Å². The molecule has 1 N–H and O–H groups in total. The summed E-state index contributed by atoms with van der Waals surface area (Å²) >= 11 is 1.40. The molecule has 3 rings (SSSR count). The minimum atomic E-state index is -0.532. The summed E-state index contributed by atoms with van der Waals surface area (Å²) in [5.41, 5.74) is 1.02. The molecular formula is C21H26FN3O3S. The molecule has 2 amide bonds. The van der Waals surface area contributed by atoms with E-state index in [0.717, 1.165) is 16.1 Å². The fraction of sp³-hybridized carbons (Fsp3) is 0.476. The van der Waals surface area contributed by atoms with Gasteiger partial charge in [-0.2, -0.15) is 0 Å². The summed E-state index contributed by atoms with van der Waals surface area (Å²) < 4.78 is 18.5. The first-order chi connectivity index (χ1) is 13.6. The quantitative estimate of drug-likeness (QED) is 0.772. The second kappa shape index (κ2) is 8.49. The van der Waals surface area contributed by atoms with Crippen molar-refractivity contribution in [1.29, 1.82) is 0 Å². The maximum Gasteiger partial charge on any atom is 0.410 e. The monoisotopic (exact) mass is 419 g/mol. The Morgan fingerprint density at radius 1 is 1.21 bits per heavy atom. The number of carbonyl (C=O) groups excluding carboxylic acids is 2. The van der Waals surface area contributed by atoms with Crippen LogP contribution in [0, 0.1) is 18.7 Å². The Balaban J connectivity index is 1.57. The molecule has 0 spiro atoms. The van der Waals surface area contributed by atoms with E-state index in [1.165, 1.54) is 23.5 Å². The molecule has 0 radical (unpaired) electrons. The lowest BCUT2D eigenvalue weighted by Crippen LogP contribution is -2.43. The van der Waals surface area contributed by atoms with Crippen LogP contribution in [0.1, 0.15) is 38.5 Å². The summed E-state index contributed by atoms with van der Waals surface area (Å²) in [6.45, 7) is 8.41. The molecule has 1 aromatic carbocycles. The van der Waals surface area contributed by atoms with Crippen molar-refractivity contribution in [3.8, 4) is 11.3 Å². The van der Waals surface area contributed by atoms with Gasteiger partial charge in [-0.05, 0) is 64.8 Å². The maximum absolute atomic E-state index is 13.1. The number of carbonyl (C=O) groups is 2. The molecule has 156 valence electrons. The molecule has 1 aliphatic rings. The lowest BCUT2D eigenvalue weighted by Gasteiger charge is -2.32. The molecule has 0 aliphatic carbocycles. The fourth-order valence-corrected chi connectivity index (χ4v) is 4.02. The number of aryl methyl sites for hydroxylation is 1. The molecule has 0 saturated carbocycles. The van der Waals surface area contributed by atoms with E-state index >= 15 is 0 Å². The second-order valence-electron chi connectivity index (χ2n) is 8.16. The number of aromatic nitrogens is 1. The molecule has 0 unspecified atom stereocenters. The van der Waals surface area contributed by atoms with Crippen molar-refractivity contribution in [2.24, 2.45) is 5.92 Å². The number of hydrogen-bond acceptors (Lipinski definition) is 5. The Kier molecular flexibility index (Phi) is 6.21. The summed E-state index contributed by atoms with van der Waals surface area (Å²) in [6.07, 6.45) is 0.830. The van der Waals surface area contributed by atoms with E-state index in [1.54, 1.807) is 17.0 Å². The highest BCUT2D eigenvalue weighted by atomic mass is 32.1. The van der Waals surface area contributed by atoms with Crippen molar-refractivity contribution >= 4 is 28.5 Å². The number of halogens is 1. The first-order valence-corrected chi connectivity index (χ1v) is 10.5. The Labute approximate surface area is 174 Å². The third kappa shape index (κ3) is 5.53. The number of hydrogen-bond donors (Lipinski definition) is 1. The number of rotatable bonds is 3. The summed E-state index contributed by atoms with van der Waals surface area (Å²) in [5, 5.41) is 3.43. The van der Waals surface area contributed by atoms with E-state index in [9.17, 15) is 14.0 Å². The van der Waals surface area contributed by atoms with Gasteiger partial charge in [0, 0.05) is 29.4 Å². The van der Waals surface area contributed by atoms with Crippen molar-refractivity contribution in [2.45, 2.75) is 46.1 Å². The van der Waals surface area contributed by atoms with Gasteiger partial charge in [0.05, 0.1) is 5.69 Å². The smallest absolute Gasteiger partial charge is 0.410 e. The van der Waals surface area contributed by atoms with Crippen LogP contribution in [-0.2, 0) is 9.53 Å². The number of piperidine rings is 1. The fourth-order valence-electron chi connectivity index (χ4n) is 3.18. The number of nitrogens with zero attached hydrogens (tertiary/aromatic N) is 2. The number of benzene rings is 1. The van der Waals surface area contributed by atoms with Gasteiger partial charge in [-0.1, -0.05) is 0 Å². The topological polar surface area (TPSA) is 71.5 Å². The van der Waals surface area contributed by atoms with E-state index in [-0.39, 0.29) is 23.7 Å². The standard InChI is InChI=1S/C21H26FN3O3S/c1-13-17(14-5-7-16(22)8-6-14)23-19(29-13)24-18(26)15-9-11-25(12-10-15)20(27)28-21(2,3)4/h5-8,15H,9-12H2,1-4H3,(H,23,24,26). The highest BCUT2D eigenvalue weighted by molar-refractivity contribution is 7.16. The number of thiazole rings is 1. The predicted octanol–water partition coefficient (Wildman–Crippen LogP) is 4.84. The van der Waals surface area contributed by atoms with Gasteiger partial charge < -0.3 is 15.0 Å². The summed E-state index contributed by atoms with van der Waals surface area (Å²) in [6, 6.07) is 6.14. The van der Waals surface area contributed by atoms with Crippen LogP contribution in [0.25, 0.3) is 11.3 Å². The van der Waals surface area contributed by atoms with Crippen LogP contribution in [0.2, 0.25) is 0 Å². The van der Waals surface area contributed by atoms with E-state index in [1.807, 2.05) is 27.7 Å². The zero-order valence-corrected chi connectivity index (χ0v) is 17.9. The van der Waals surface area contributed by atoms with Crippen LogP contribution >= 0.6 is 11.3 Å². The van der Waals surface area contributed by atoms with Crippen LogP contribution in [-0.4, -0.2) is 40.6 Å². The Bertz CT molecular complexity index is 882. The molecule has 29 heavy (non-hydrogen) atoms. The average Bonchev–Trinajstić information content (AvgIpc) is 3.01. The highest BCUT2D eigenvalue weighted by Gasteiger charge is 2.30. The van der Waals surface area contributed by atoms with Gasteiger partial charge in [0.15, 0.2) is 5.13 Å². The van der Waals surface area contributed by atoms with Crippen LogP contribution in [0.4, 0.5) is 14.3 Å². The van der Waals surface area contributed by atoms with Crippen LogP contribution in [0.5, 0.6) is 0 Å². The molecule has 8 heteroatoms. The van der Waals surface area contributed by atoms with Gasteiger partial charge in [-0.15, -0.1) is 11.3 Å². The molecule has 1 fully saturated rings. The van der Waals surface area contributed by atoms with Gasteiger partial charge in [0.2, 0.25) is 5.91 Å². The normalized spacial score (nSPS) is 15.3. The minimum Gasteiger partial charge on any atom is -0.444 e. The number of nitrogens with one attached hydrogen (secondary N) is 1. The van der Waals surface area contributed by atoms with Crippen LogP contribution in [0.15, 0.2) is 24.3 Å². The van der Waals surface area contributed by atoms with Crippen molar-refractivity contribution < 1.29 is 18.7 Å². The number of ether oxygens (including phenoxy) is 1. The number of likely N-dealkylation sites (tertiary alicyclic amines) is 1. The first kappa shape index (κ1) is 21.2. The minimum absolute atomic E-state index is 0.0896. The van der Waals surface area contributed by atoms with E-state index < -0.39 is 5.60 Å². The summed E-state index contributed by atoms with van der Waals surface area (Å²) in [4.78, 5) is 31.9. The Morgan fingerprint density at radius 3 is 2.41 bits per heavy atom. The van der Waals surface area contributed by atoms with Crippen molar-refractivity contribution in [3.63, 3.8) is 0 Å². The Hall–Kier alpha value is -2.48. The zero-order chi connectivity index (χ0) is 21.2. The molecule has 0 atom stereocenters. The molecule has 1 saturated heterocycles. The molecular weight excluding hydrogens is 393 g/mol. The largest absolute Gasteiger partial charge is 0.444 e. The van der Waals surface area contributed by atoms with E-state index in [4.69, 9.17) is 4.74 Å².